The van der Waals surface area contributed by atoms with E-state index in [-0.39, 0.29) is 17.3 Å². The second kappa shape index (κ2) is 10.4. The molecule has 2 aromatic rings. The van der Waals surface area contributed by atoms with Gasteiger partial charge in [-0.3, -0.25) is 19.4 Å². The van der Waals surface area contributed by atoms with Gasteiger partial charge in [-0.1, -0.05) is 18.6 Å². The number of methoxy groups -OCH3 is 1. The number of hydrogen-bond donors (Lipinski definition) is 2. The minimum absolute atomic E-state index is 0.103. The molecule has 4 rings (SSSR count). The third kappa shape index (κ3) is 6.11. The van der Waals surface area contributed by atoms with Gasteiger partial charge in [0, 0.05) is 31.7 Å². The quantitative estimate of drug-likeness (QED) is 0.676. The number of nitrogens with one attached hydrogen (secondary N) is 2. The van der Waals surface area contributed by atoms with E-state index >= 15 is 0 Å². The van der Waals surface area contributed by atoms with Gasteiger partial charge in [-0.25, -0.2) is 8.42 Å². The molecule has 33 heavy (non-hydrogen) atoms. The highest BCUT2D eigenvalue weighted by molar-refractivity contribution is 7.90. The largest absolute Gasteiger partial charge is 0.497 e. The molecular weight excluding hydrogens is 440 g/mol. The van der Waals surface area contributed by atoms with Gasteiger partial charge in [-0.2, -0.15) is 0 Å². The summed E-state index contributed by atoms with van der Waals surface area (Å²) >= 11 is 0. The van der Waals surface area contributed by atoms with Crippen LogP contribution >= 0.6 is 0 Å². The predicted molar refractivity (Wildman–Crippen MR) is 128 cm³/mol. The number of ether oxygens (including phenoxy) is 1. The van der Waals surface area contributed by atoms with Gasteiger partial charge in [0.1, 0.15) is 11.6 Å². The first-order valence-corrected chi connectivity index (χ1v) is 12.8. The normalized spacial score (nSPS) is 16.8. The van der Waals surface area contributed by atoms with E-state index in [4.69, 9.17) is 4.74 Å². The minimum Gasteiger partial charge on any atom is -0.497 e. The summed E-state index contributed by atoms with van der Waals surface area (Å²) in [6, 6.07) is 12.4. The molecule has 2 heterocycles. The number of carbonyl (C=O) groups is 1. The van der Waals surface area contributed by atoms with Crippen molar-refractivity contribution in [2.24, 2.45) is 4.99 Å². The molecule has 2 aliphatic heterocycles. The van der Waals surface area contributed by atoms with E-state index < -0.39 is 10.0 Å². The lowest BCUT2D eigenvalue weighted by atomic mass is 9.99. The van der Waals surface area contributed by atoms with Gasteiger partial charge in [-0.05, 0) is 60.7 Å². The number of benzene rings is 2. The number of amidine groups is 1. The van der Waals surface area contributed by atoms with Gasteiger partial charge in [0.2, 0.25) is 5.91 Å². The number of sulfonamides is 1. The molecule has 1 amide bonds. The average molecular weight is 471 g/mol. The third-order valence-corrected chi connectivity index (χ3v) is 7.31. The van der Waals surface area contributed by atoms with Gasteiger partial charge >= 0.3 is 0 Å². The van der Waals surface area contributed by atoms with Crippen LogP contribution in [0.1, 0.15) is 36.8 Å². The van der Waals surface area contributed by atoms with Crippen molar-refractivity contribution in [3.63, 3.8) is 0 Å². The van der Waals surface area contributed by atoms with E-state index in [9.17, 15) is 13.2 Å². The molecule has 0 spiro atoms. The Labute approximate surface area is 195 Å². The van der Waals surface area contributed by atoms with Crippen molar-refractivity contribution in [1.82, 2.24) is 9.62 Å². The molecule has 176 valence electrons. The summed E-state index contributed by atoms with van der Waals surface area (Å²) in [6.45, 7) is 2.32. The summed E-state index contributed by atoms with van der Waals surface area (Å²) in [7, 11) is -2.11. The number of hydrogen-bond acceptors (Lipinski definition) is 6. The molecule has 2 aliphatic rings. The highest BCUT2D eigenvalue weighted by Crippen LogP contribution is 2.24. The topological polar surface area (TPSA) is 100 Å². The zero-order valence-electron chi connectivity index (χ0n) is 18.8. The lowest BCUT2D eigenvalue weighted by Crippen LogP contribution is -2.37. The van der Waals surface area contributed by atoms with E-state index in [0.717, 1.165) is 43.5 Å². The number of anilines is 1. The molecule has 9 heteroatoms. The number of carbonyl (C=O) groups excluding carboxylic acids is 1. The molecule has 0 unspecified atom stereocenters. The van der Waals surface area contributed by atoms with Crippen molar-refractivity contribution >= 4 is 27.5 Å². The van der Waals surface area contributed by atoms with Crippen molar-refractivity contribution in [3.8, 4) is 5.75 Å². The number of amides is 1. The van der Waals surface area contributed by atoms with Gasteiger partial charge in [0.15, 0.2) is 0 Å². The maximum Gasteiger partial charge on any atom is 0.262 e. The Morgan fingerprint density at radius 3 is 2.82 bits per heavy atom. The van der Waals surface area contributed by atoms with E-state index in [2.05, 4.69) is 26.0 Å². The van der Waals surface area contributed by atoms with E-state index in [0.29, 0.717) is 31.0 Å². The average Bonchev–Trinajstić information content (AvgIpc) is 3.07. The number of aliphatic imine (C=N–C) groups is 1. The smallest absolute Gasteiger partial charge is 0.262 e. The molecule has 0 aromatic heterocycles. The summed E-state index contributed by atoms with van der Waals surface area (Å²) in [5, 5.41) is 2.83. The minimum atomic E-state index is -3.76. The summed E-state index contributed by atoms with van der Waals surface area (Å²) in [6.07, 6.45) is 4.44. The molecule has 8 nitrogen and oxygen atoms in total. The van der Waals surface area contributed by atoms with Gasteiger partial charge in [-0.15, -0.1) is 0 Å². The first-order valence-electron chi connectivity index (χ1n) is 11.3. The van der Waals surface area contributed by atoms with Crippen molar-refractivity contribution in [2.75, 3.05) is 32.1 Å². The van der Waals surface area contributed by atoms with Crippen LogP contribution in [0.25, 0.3) is 0 Å². The van der Waals surface area contributed by atoms with Crippen molar-refractivity contribution < 1.29 is 17.9 Å². The van der Waals surface area contributed by atoms with Crippen LogP contribution in [0, 0.1) is 0 Å². The Morgan fingerprint density at radius 2 is 1.97 bits per heavy atom. The van der Waals surface area contributed by atoms with E-state index in [1.165, 1.54) is 17.7 Å². The first-order chi connectivity index (χ1) is 15.9. The third-order valence-electron chi connectivity index (χ3n) is 5.93. The van der Waals surface area contributed by atoms with Gasteiger partial charge < -0.3 is 10.1 Å². The van der Waals surface area contributed by atoms with Gasteiger partial charge in [0.25, 0.3) is 10.0 Å². The second-order valence-electron chi connectivity index (χ2n) is 8.42. The van der Waals surface area contributed by atoms with Crippen LogP contribution in [0.2, 0.25) is 0 Å². The fourth-order valence-electron chi connectivity index (χ4n) is 4.17. The highest BCUT2D eigenvalue weighted by atomic mass is 32.2. The molecule has 0 saturated heterocycles. The second-order valence-corrected chi connectivity index (χ2v) is 10.1. The SMILES string of the molecule is COc1ccc2c(c1)CN(CC(=O)Nc1cccc(S(=O)(=O)NC3=NCCCCC3)c1)CC2. The number of nitrogens with zero attached hydrogens (tertiary/aromatic N) is 2. The standard InChI is InChI=1S/C24H30N4O4S/c1-32-21-10-9-18-11-13-28(16-19(18)14-21)17-24(29)26-20-6-5-7-22(15-20)33(30,31)27-23-8-3-2-4-12-25-23/h5-7,9-10,14-15H,2-4,8,11-13,16-17H2,1H3,(H,25,27)(H,26,29). The van der Waals surface area contributed by atoms with Crippen molar-refractivity contribution in [2.45, 2.75) is 43.5 Å². The summed E-state index contributed by atoms with van der Waals surface area (Å²) in [5.41, 5.74) is 2.88. The lowest BCUT2D eigenvalue weighted by molar-refractivity contribution is -0.117. The molecule has 2 aromatic carbocycles. The summed E-state index contributed by atoms with van der Waals surface area (Å²) < 4.78 is 33.5. The van der Waals surface area contributed by atoms with Crippen LogP contribution in [0.5, 0.6) is 5.75 Å². The highest BCUT2D eigenvalue weighted by Gasteiger charge is 2.21. The van der Waals surface area contributed by atoms with Crippen molar-refractivity contribution in [1.29, 1.82) is 0 Å². The zero-order valence-corrected chi connectivity index (χ0v) is 19.7. The first kappa shape index (κ1) is 23.3. The van der Waals surface area contributed by atoms with Crippen LogP contribution in [0.3, 0.4) is 0 Å². The Bertz CT molecular complexity index is 1150. The molecule has 0 aliphatic carbocycles. The fourth-order valence-corrected chi connectivity index (χ4v) is 5.30. The van der Waals surface area contributed by atoms with Crippen LogP contribution in [-0.2, 0) is 27.8 Å². The molecular formula is C24H30N4O4S. The van der Waals surface area contributed by atoms with E-state index in [1.807, 2.05) is 12.1 Å². The monoisotopic (exact) mass is 470 g/mol. The molecule has 0 saturated carbocycles. The molecule has 0 radical (unpaired) electrons. The number of rotatable bonds is 6. The maximum atomic E-state index is 12.8. The van der Waals surface area contributed by atoms with Crippen LogP contribution in [-0.4, -0.2) is 51.8 Å². The van der Waals surface area contributed by atoms with Crippen molar-refractivity contribution in [3.05, 3.63) is 53.6 Å². The van der Waals surface area contributed by atoms with E-state index in [1.54, 1.807) is 19.2 Å². The Morgan fingerprint density at radius 1 is 1.09 bits per heavy atom. The fraction of sp³-hybridized carbons (Fsp3) is 0.417. The lowest BCUT2D eigenvalue weighted by Gasteiger charge is -2.28. The van der Waals surface area contributed by atoms with Crippen LogP contribution in [0.15, 0.2) is 52.4 Å². The molecule has 2 N–H and O–H groups in total. The van der Waals surface area contributed by atoms with Gasteiger partial charge in [0.05, 0.1) is 18.6 Å². The Kier molecular flexibility index (Phi) is 7.29. The predicted octanol–water partition coefficient (Wildman–Crippen LogP) is 2.94. The Balaban J connectivity index is 1.38. The Hall–Kier alpha value is -2.91. The number of fused-ring (bicyclic) bond motifs is 1. The zero-order chi connectivity index (χ0) is 23.3. The van der Waals surface area contributed by atoms with Crippen LogP contribution in [0.4, 0.5) is 5.69 Å². The summed E-state index contributed by atoms with van der Waals surface area (Å²) in [5.74, 6) is 1.13. The maximum absolute atomic E-state index is 12.8. The molecule has 0 fully saturated rings. The van der Waals surface area contributed by atoms with Crippen LogP contribution < -0.4 is 14.8 Å². The molecule has 0 atom stereocenters. The molecule has 0 bridgehead atoms. The summed E-state index contributed by atoms with van der Waals surface area (Å²) in [4.78, 5) is 19.2.